The first-order valence-electron chi connectivity index (χ1n) is 7.66. The van der Waals surface area contributed by atoms with E-state index < -0.39 is 0 Å². The third kappa shape index (κ3) is 4.11. The molecule has 1 aliphatic heterocycles. The Morgan fingerprint density at radius 2 is 1.90 bits per heavy atom. The summed E-state index contributed by atoms with van der Waals surface area (Å²) in [6, 6.07) is 8.12. The maximum Gasteiger partial charge on any atom is 0.0639 e. The van der Waals surface area contributed by atoms with E-state index in [-0.39, 0.29) is 0 Å². The summed E-state index contributed by atoms with van der Waals surface area (Å²) in [6.07, 6.45) is 2.41. The van der Waals surface area contributed by atoms with Gasteiger partial charge in [0, 0.05) is 26.2 Å². The Labute approximate surface area is 127 Å². The van der Waals surface area contributed by atoms with Gasteiger partial charge in [0.25, 0.3) is 0 Å². The number of benzene rings is 1. The van der Waals surface area contributed by atoms with Crippen LogP contribution < -0.4 is 10.6 Å². The first-order chi connectivity index (χ1) is 9.74. The van der Waals surface area contributed by atoms with Crippen LogP contribution in [0.2, 0.25) is 5.02 Å². The maximum atomic E-state index is 6.27. The van der Waals surface area contributed by atoms with E-state index >= 15 is 0 Å². The molecule has 1 fully saturated rings. The number of nitrogens with two attached hydrogens (primary N) is 1. The normalized spacial score (nSPS) is 18.2. The van der Waals surface area contributed by atoms with Gasteiger partial charge in [0.2, 0.25) is 0 Å². The quantitative estimate of drug-likeness (QED) is 0.876. The second kappa shape index (κ2) is 7.87. The highest BCUT2D eigenvalue weighted by Crippen LogP contribution is 2.26. The van der Waals surface area contributed by atoms with Crippen LogP contribution in [0.25, 0.3) is 0 Å². The van der Waals surface area contributed by atoms with E-state index in [4.69, 9.17) is 17.3 Å². The van der Waals surface area contributed by atoms with Crippen LogP contribution in [-0.2, 0) is 0 Å². The lowest BCUT2D eigenvalue weighted by Gasteiger charge is -2.37. The summed E-state index contributed by atoms with van der Waals surface area (Å²) in [5.74, 6) is 0.677. The van der Waals surface area contributed by atoms with Crippen molar-refractivity contribution < 1.29 is 0 Å². The zero-order valence-corrected chi connectivity index (χ0v) is 13.1. The van der Waals surface area contributed by atoms with Gasteiger partial charge < -0.3 is 10.6 Å². The average molecular weight is 296 g/mol. The Morgan fingerprint density at radius 1 is 1.20 bits per heavy atom. The standard InChI is InChI=1S/C16H26ClN3/c1-2-14(13-18)7-8-19-9-11-20(12-10-19)16-6-4-3-5-15(16)17/h3-6,14H,2,7-13,18H2,1H3. The molecule has 0 saturated carbocycles. The zero-order valence-electron chi connectivity index (χ0n) is 12.4. The Hall–Kier alpha value is -0.770. The maximum absolute atomic E-state index is 6.27. The predicted molar refractivity (Wildman–Crippen MR) is 87.6 cm³/mol. The first-order valence-corrected chi connectivity index (χ1v) is 8.04. The number of hydrogen-bond acceptors (Lipinski definition) is 3. The lowest BCUT2D eigenvalue weighted by atomic mass is 10.0. The molecule has 1 aliphatic rings. The summed E-state index contributed by atoms with van der Waals surface area (Å²) in [5, 5.41) is 0.857. The van der Waals surface area contributed by atoms with Gasteiger partial charge in [-0.25, -0.2) is 0 Å². The molecule has 0 aromatic heterocycles. The summed E-state index contributed by atoms with van der Waals surface area (Å²) in [5.41, 5.74) is 6.94. The Kier molecular flexibility index (Phi) is 6.14. The Balaban J connectivity index is 1.79. The van der Waals surface area contributed by atoms with E-state index in [2.05, 4.69) is 28.9 Å². The molecule has 4 heteroatoms. The molecule has 112 valence electrons. The van der Waals surface area contributed by atoms with E-state index in [9.17, 15) is 0 Å². The smallest absolute Gasteiger partial charge is 0.0639 e. The SMILES string of the molecule is CCC(CN)CCN1CCN(c2ccccc2Cl)CC1. The second-order valence-corrected chi connectivity index (χ2v) is 5.99. The van der Waals surface area contributed by atoms with Gasteiger partial charge in [-0.2, -0.15) is 0 Å². The number of anilines is 1. The molecule has 0 amide bonds. The van der Waals surface area contributed by atoms with Gasteiger partial charge in [-0.05, 0) is 37.6 Å². The van der Waals surface area contributed by atoms with Crippen molar-refractivity contribution in [2.75, 3.05) is 44.2 Å². The summed E-state index contributed by atoms with van der Waals surface area (Å²) in [6.45, 7) is 8.57. The number of nitrogens with zero attached hydrogens (tertiary/aromatic N) is 2. The fourth-order valence-corrected chi connectivity index (χ4v) is 3.03. The van der Waals surface area contributed by atoms with Crippen molar-refractivity contribution in [3.8, 4) is 0 Å². The van der Waals surface area contributed by atoms with E-state index in [1.165, 1.54) is 25.1 Å². The number of halogens is 1. The molecule has 2 rings (SSSR count). The van der Waals surface area contributed by atoms with Gasteiger partial charge in [0.1, 0.15) is 0 Å². The van der Waals surface area contributed by atoms with E-state index in [1.54, 1.807) is 0 Å². The van der Waals surface area contributed by atoms with Gasteiger partial charge in [0.05, 0.1) is 10.7 Å². The lowest BCUT2D eigenvalue weighted by Crippen LogP contribution is -2.47. The minimum atomic E-state index is 0.677. The minimum absolute atomic E-state index is 0.677. The van der Waals surface area contributed by atoms with E-state index in [0.29, 0.717) is 5.92 Å². The number of hydrogen-bond donors (Lipinski definition) is 1. The predicted octanol–water partition coefficient (Wildman–Crippen LogP) is 2.84. The largest absolute Gasteiger partial charge is 0.368 e. The topological polar surface area (TPSA) is 32.5 Å². The number of para-hydroxylation sites is 1. The van der Waals surface area contributed by atoms with Crippen molar-refractivity contribution in [2.24, 2.45) is 11.7 Å². The molecule has 1 heterocycles. The molecule has 1 aromatic carbocycles. The van der Waals surface area contributed by atoms with Crippen LogP contribution in [0.3, 0.4) is 0 Å². The molecule has 20 heavy (non-hydrogen) atoms. The lowest BCUT2D eigenvalue weighted by molar-refractivity contribution is 0.237. The van der Waals surface area contributed by atoms with Crippen LogP contribution in [-0.4, -0.2) is 44.2 Å². The fourth-order valence-electron chi connectivity index (χ4n) is 2.77. The van der Waals surface area contributed by atoms with Crippen molar-refractivity contribution in [3.63, 3.8) is 0 Å². The van der Waals surface area contributed by atoms with Crippen LogP contribution in [0.15, 0.2) is 24.3 Å². The number of piperazine rings is 1. The molecule has 0 aliphatic carbocycles. The van der Waals surface area contributed by atoms with Crippen LogP contribution in [0, 0.1) is 5.92 Å². The van der Waals surface area contributed by atoms with Crippen molar-refractivity contribution >= 4 is 17.3 Å². The summed E-state index contributed by atoms with van der Waals surface area (Å²) in [4.78, 5) is 4.94. The van der Waals surface area contributed by atoms with Crippen molar-refractivity contribution in [1.82, 2.24) is 4.90 Å². The third-order valence-electron chi connectivity index (χ3n) is 4.33. The molecule has 0 bridgehead atoms. The molecule has 0 spiro atoms. The molecule has 3 nitrogen and oxygen atoms in total. The summed E-state index contributed by atoms with van der Waals surface area (Å²) < 4.78 is 0. The van der Waals surface area contributed by atoms with Crippen molar-refractivity contribution in [3.05, 3.63) is 29.3 Å². The monoisotopic (exact) mass is 295 g/mol. The molecular formula is C16H26ClN3. The second-order valence-electron chi connectivity index (χ2n) is 5.58. The van der Waals surface area contributed by atoms with Crippen LogP contribution >= 0.6 is 11.6 Å². The Bertz CT molecular complexity index is 398. The van der Waals surface area contributed by atoms with Crippen molar-refractivity contribution in [2.45, 2.75) is 19.8 Å². The minimum Gasteiger partial charge on any atom is -0.368 e. The van der Waals surface area contributed by atoms with Gasteiger partial charge in [-0.15, -0.1) is 0 Å². The van der Waals surface area contributed by atoms with Crippen LogP contribution in [0.5, 0.6) is 0 Å². The van der Waals surface area contributed by atoms with Gasteiger partial charge in [-0.3, -0.25) is 4.90 Å². The average Bonchev–Trinajstić information content (AvgIpc) is 2.49. The van der Waals surface area contributed by atoms with E-state index in [1.807, 2.05) is 12.1 Å². The van der Waals surface area contributed by atoms with Gasteiger partial charge >= 0.3 is 0 Å². The van der Waals surface area contributed by atoms with Crippen LogP contribution in [0.4, 0.5) is 5.69 Å². The first kappa shape index (κ1) is 15.6. The summed E-state index contributed by atoms with van der Waals surface area (Å²) >= 11 is 6.27. The molecule has 1 atom stereocenters. The molecule has 1 unspecified atom stereocenters. The van der Waals surface area contributed by atoms with Crippen LogP contribution in [0.1, 0.15) is 19.8 Å². The molecule has 1 saturated heterocycles. The molecular weight excluding hydrogens is 270 g/mol. The molecule has 1 aromatic rings. The molecule has 0 radical (unpaired) electrons. The zero-order chi connectivity index (χ0) is 14.4. The fraction of sp³-hybridized carbons (Fsp3) is 0.625. The summed E-state index contributed by atoms with van der Waals surface area (Å²) in [7, 11) is 0. The van der Waals surface area contributed by atoms with Gasteiger partial charge in [-0.1, -0.05) is 37.1 Å². The van der Waals surface area contributed by atoms with E-state index in [0.717, 1.165) is 37.7 Å². The highest BCUT2D eigenvalue weighted by molar-refractivity contribution is 6.33. The third-order valence-corrected chi connectivity index (χ3v) is 4.65. The molecule has 2 N–H and O–H groups in total. The van der Waals surface area contributed by atoms with Crippen molar-refractivity contribution in [1.29, 1.82) is 0 Å². The highest BCUT2D eigenvalue weighted by atomic mass is 35.5. The highest BCUT2D eigenvalue weighted by Gasteiger charge is 2.19. The van der Waals surface area contributed by atoms with Gasteiger partial charge in [0.15, 0.2) is 0 Å². The number of rotatable bonds is 6. The Morgan fingerprint density at radius 3 is 2.50 bits per heavy atom.